The van der Waals surface area contributed by atoms with Crippen LogP contribution in [-0.2, 0) is 7.05 Å². The summed E-state index contributed by atoms with van der Waals surface area (Å²) in [5, 5.41) is 14.2. The lowest BCUT2D eigenvalue weighted by Gasteiger charge is -2.56. The number of piperidine rings is 3. The third-order valence-corrected chi connectivity index (χ3v) is 6.19. The molecule has 0 aliphatic carbocycles. The van der Waals surface area contributed by atoms with Crippen molar-refractivity contribution in [1.29, 1.82) is 0 Å². The van der Waals surface area contributed by atoms with E-state index < -0.39 is 0 Å². The normalized spacial score (nSPS) is 32.4. The molecule has 138 valence electrons. The number of aliphatic hydroxyl groups is 1. The monoisotopic (exact) mass is 349 g/mol. The Morgan fingerprint density at radius 3 is 2.84 bits per heavy atom. The average molecular weight is 349 g/mol. The van der Waals surface area contributed by atoms with Crippen LogP contribution in [0, 0.1) is 11.8 Å². The fourth-order valence-corrected chi connectivity index (χ4v) is 5.10. The number of ether oxygens (including phenoxy) is 1. The van der Waals surface area contributed by atoms with Crippen LogP contribution >= 0.6 is 0 Å². The van der Waals surface area contributed by atoms with Crippen molar-refractivity contribution < 1.29 is 14.6 Å². The zero-order valence-corrected chi connectivity index (χ0v) is 15.0. The number of amides is 1. The van der Waals surface area contributed by atoms with Crippen molar-refractivity contribution in [2.45, 2.75) is 37.8 Å². The number of carbonyl (C=O) groups is 1. The van der Waals surface area contributed by atoms with Crippen LogP contribution in [-0.4, -0.2) is 81.0 Å². The van der Waals surface area contributed by atoms with Crippen LogP contribution in [0.25, 0.3) is 0 Å². The van der Waals surface area contributed by atoms with Gasteiger partial charge < -0.3 is 14.7 Å². The first-order valence-electron chi connectivity index (χ1n) is 9.23. The zero-order valence-electron chi connectivity index (χ0n) is 15.0. The molecule has 4 heterocycles. The van der Waals surface area contributed by atoms with Gasteiger partial charge >= 0.3 is 6.01 Å². The number of aryl methyl sites for hydroxylation is 1. The molecular formula is C17H27N5O3. The minimum Gasteiger partial charge on any atom is -0.467 e. The van der Waals surface area contributed by atoms with Gasteiger partial charge in [-0.05, 0) is 37.6 Å². The second-order valence-corrected chi connectivity index (χ2v) is 7.56. The lowest BCUT2D eigenvalue weighted by Crippen LogP contribution is -2.65. The molecule has 1 aromatic heterocycles. The maximum absolute atomic E-state index is 12.9. The summed E-state index contributed by atoms with van der Waals surface area (Å²) in [4.78, 5) is 21.5. The van der Waals surface area contributed by atoms with Crippen molar-refractivity contribution in [2.75, 3.05) is 33.4 Å². The highest BCUT2D eigenvalue weighted by Crippen LogP contribution is 2.41. The molecule has 0 saturated carbocycles. The molecule has 4 atom stereocenters. The van der Waals surface area contributed by atoms with E-state index in [1.54, 1.807) is 7.05 Å². The maximum atomic E-state index is 12.9. The number of aromatic nitrogens is 3. The van der Waals surface area contributed by atoms with E-state index in [9.17, 15) is 9.90 Å². The molecule has 0 spiro atoms. The van der Waals surface area contributed by atoms with E-state index in [1.807, 2.05) is 4.90 Å². The first kappa shape index (κ1) is 16.8. The van der Waals surface area contributed by atoms with Crippen LogP contribution in [0.4, 0.5) is 0 Å². The second-order valence-electron chi connectivity index (χ2n) is 7.56. The Bertz CT molecular complexity index is 634. The highest BCUT2D eigenvalue weighted by molar-refractivity contribution is 5.90. The standard InChI is InChI=1S/C17H27N5O3/c1-20-17(25-2)18-15(19-20)16(24)21-8-11-7-12(9-21)14(10-23)22-6-4-3-5-13(11)22/h11-14,23H,3-10H2,1-2H3/t11-,12+,13+,14+/m1/s1. The summed E-state index contributed by atoms with van der Waals surface area (Å²) in [5.41, 5.74) is 0. The first-order chi connectivity index (χ1) is 12.1. The molecule has 2 bridgehead atoms. The topological polar surface area (TPSA) is 83.7 Å². The van der Waals surface area contributed by atoms with Crippen molar-refractivity contribution in [3.05, 3.63) is 5.82 Å². The van der Waals surface area contributed by atoms with Crippen molar-refractivity contribution in [1.82, 2.24) is 24.6 Å². The summed E-state index contributed by atoms with van der Waals surface area (Å²) in [5.74, 6) is 0.874. The molecule has 1 aromatic rings. The van der Waals surface area contributed by atoms with Gasteiger partial charge in [0.1, 0.15) is 0 Å². The van der Waals surface area contributed by atoms with E-state index >= 15 is 0 Å². The van der Waals surface area contributed by atoms with Crippen LogP contribution in [0.1, 0.15) is 36.3 Å². The summed E-state index contributed by atoms with van der Waals surface area (Å²) < 4.78 is 6.61. The fourth-order valence-electron chi connectivity index (χ4n) is 5.10. The Labute approximate surface area is 147 Å². The quantitative estimate of drug-likeness (QED) is 0.835. The Balaban J connectivity index is 1.56. The van der Waals surface area contributed by atoms with E-state index in [1.165, 1.54) is 31.1 Å². The molecule has 25 heavy (non-hydrogen) atoms. The van der Waals surface area contributed by atoms with Crippen LogP contribution in [0.5, 0.6) is 6.01 Å². The maximum Gasteiger partial charge on any atom is 0.314 e. The third kappa shape index (κ3) is 2.81. The molecule has 3 aliphatic heterocycles. The largest absolute Gasteiger partial charge is 0.467 e. The highest BCUT2D eigenvalue weighted by Gasteiger charge is 2.48. The molecule has 8 heteroatoms. The molecule has 3 aliphatic rings. The molecule has 0 radical (unpaired) electrons. The first-order valence-corrected chi connectivity index (χ1v) is 9.23. The minimum absolute atomic E-state index is 0.130. The predicted molar refractivity (Wildman–Crippen MR) is 90.3 cm³/mol. The molecular weight excluding hydrogens is 322 g/mol. The molecule has 1 amide bonds. The van der Waals surface area contributed by atoms with Crippen molar-refractivity contribution in [3.8, 4) is 6.01 Å². The number of methoxy groups -OCH3 is 1. The van der Waals surface area contributed by atoms with Crippen molar-refractivity contribution in [2.24, 2.45) is 18.9 Å². The molecule has 3 saturated heterocycles. The summed E-state index contributed by atoms with van der Waals surface area (Å²) in [6.45, 7) is 2.68. The van der Waals surface area contributed by atoms with Crippen molar-refractivity contribution in [3.63, 3.8) is 0 Å². The molecule has 0 unspecified atom stereocenters. The van der Waals surface area contributed by atoms with Gasteiger partial charge in [0.05, 0.1) is 13.7 Å². The van der Waals surface area contributed by atoms with Crippen LogP contribution in [0.3, 0.4) is 0 Å². The van der Waals surface area contributed by atoms with Crippen molar-refractivity contribution >= 4 is 5.91 Å². The third-order valence-electron chi connectivity index (χ3n) is 6.19. The van der Waals surface area contributed by atoms with E-state index in [2.05, 4.69) is 15.0 Å². The van der Waals surface area contributed by atoms with Crippen LogP contribution in [0.2, 0.25) is 0 Å². The number of rotatable bonds is 3. The van der Waals surface area contributed by atoms with Gasteiger partial charge in [0.2, 0.25) is 5.82 Å². The van der Waals surface area contributed by atoms with Gasteiger partial charge in [-0.25, -0.2) is 4.68 Å². The summed E-state index contributed by atoms with van der Waals surface area (Å²) in [6, 6.07) is 1.000. The zero-order chi connectivity index (χ0) is 17.6. The summed E-state index contributed by atoms with van der Waals surface area (Å²) in [7, 11) is 3.24. The van der Waals surface area contributed by atoms with E-state index in [-0.39, 0.29) is 24.4 Å². The Morgan fingerprint density at radius 2 is 2.12 bits per heavy atom. The van der Waals surface area contributed by atoms with Gasteiger partial charge in [0, 0.05) is 32.2 Å². The van der Waals surface area contributed by atoms with Gasteiger partial charge in [-0.1, -0.05) is 6.42 Å². The summed E-state index contributed by atoms with van der Waals surface area (Å²) in [6.07, 6.45) is 4.74. The molecule has 3 fully saturated rings. The highest BCUT2D eigenvalue weighted by atomic mass is 16.5. The smallest absolute Gasteiger partial charge is 0.314 e. The van der Waals surface area contributed by atoms with E-state index in [4.69, 9.17) is 4.74 Å². The number of likely N-dealkylation sites (tertiary alicyclic amines) is 1. The minimum atomic E-state index is -0.130. The number of aliphatic hydroxyl groups excluding tert-OH is 1. The predicted octanol–water partition coefficient (Wildman–Crippen LogP) is 0.131. The summed E-state index contributed by atoms with van der Waals surface area (Å²) >= 11 is 0. The van der Waals surface area contributed by atoms with Gasteiger partial charge in [-0.15, -0.1) is 5.10 Å². The van der Waals surface area contributed by atoms with Crippen LogP contribution < -0.4 is 4.74 Å². The number of nitrogens with zero attached hydrogens (tertiary/aromatic N) is 5. The fraction of sp³-hybridized carbons (Fsp3) is 0.824. The SMILES string of the molecule is COc1nc(C(=O)N2C[C@H]3C[C@@H](C2)[C@H](CO)N2CCCC[C@@H]32)nn1C. The van der Waals surface area contributed by atoms with Gasteiger partial charge in [-0.2, -0.15) is 4.98 Å². The number of fused-ring (bicyclic) bond motifs is 4. The lowest BCUT2D eigenvalue weighted by atomic mass is 9.72. The molecule has 4 rings (SSSR count). The average Bonchev–Trinajstić information content (AvgIpc) is 3.02. The van der Waals surface area contributed by atoms with Gasteiger partial charge in [0.25, 0.3) is 5.91 Å². The number of hydrogen-bond donors (Lipinski definition) is 1. The molecule has 8 nitrogen and oxygen atoms in total. The molecule has 0 aromatic carbocycles. The van der Waals surface area contributed by atoms with E-state index in [0.29, 0.717) is 30.4 Å². The van der Waals surface area contributed by atoms with Gasteiger partial charge in [0.15, 0.2) is 0 Å². The Hall–Kier alpha value is -1.67. The second kappa shape index (κ2) is 6.57. The van der Waals surface area contributed by atoms with Gasteiger partial charge in [-0.3, -0.25) is 9.69 Å². The Morgan fingerprint density at radius 1 is 1.32 bits per heavy atom. The number of hydrogen-bond acceptors (Lipinski definition) is 6. The Kier molecular flexibility index (Phi) is 4.41. The van der Waals surface area contributed by atoms with E-state index in [0.717, 1.165) is 19.5 Å². The molecule has 1 N–H and O–H groups in total. The van der Waals surface area contributed by atoms with Crippen LogP contribution in [0.15, 0.2) is 0 Å². The number of carbonyl (C=O) groups excluding carboxylic acids is 1. The lowest BCUT2D eigenvalue weighted by molar-refractivity contribution is -0.0796.